The van der Waals surface area contributed by atoms with Gasteiger partial charge in [0.15, 0.2) is 0 Å². The first-order chi connectivity index (χ1) is 8.18. The summed E-state index contributed by atoms with van der Waals surface area (Å²) in [5.74, 6) is 0.809. The largest absolute Gasteiger partial charge is 0.365 e. The number of hydrogen-bond donors (Lipinski definition) is 3. The maximum Gasteiger partial charge on any atom is 0.0217 e. The fourth-order valence-corrected chi connectivity index (χ4v) is 2.53. The lowest BCUT2D eigenvalue weighted by Gasteiger charge is -2.27. The zero-order valence-electron chi connectivity index (χ0n) is 11.1. The number of piperidine rings is 1. The molecule has 17 heavy (non-hydrogen) atoms. The van der Waals surface area contributed by atoms with Crippen LogP contribution in [0.15, 0.2) is 18.3 Å². The SMILES string of the molecule is CC(C)(CNCC1CCCNC1)c1ccc[nH]1. The summed E-state index contributed by atoms with van der Waals surface area (Å²) in [6.45, 7) is 9.11. The minimum absolute atomic E-state index is 0.186. The van der Waals surface area contributed by atoms with Gasteiger partial charge in [0, 0.05) is 23.9 Å². The molecule has 1 aliphatic heterocycles. The quantitative estimate of drug-likeness (QED) is 0.729. The molecule has 2 rings (SSSR count). The van der Waals surface area contributed by atoms with Crippen molar-refractivity contribution >= 4 is 0 Å². The Hall–Kier alpha value is -0.800. The summed E-state index contributed by atoms with van der Waals surface area (Å²) in [7, 11) is 0. The highest BCUT2D eigenvalue weighted by molar-refractivity contribution is 5.15. The molecule has 1 saturated heterocycles. The van der Waals surface area contributed by atoms with Gasteiger partial charge in [0.2, 0.25) is 0 Å². The van der Waals surface area contributed by atoms with Crippen LogP contribution in [0.3, 0.4) is 0 Å². The normalized spacial score (nSPS) is 21.6. The van der Waals surface area contributed by atoms with Crippen LogP contribution < -0.4 is 10.6 Å². The Kier molecular flexibility index (Phi) is 4.24. The first kappa shape index (κ1) is 12.7. The first-order valence-electron chi connectivity index (χ1n) is 6.74. The Morgan fingerprint density at radius 2 is 2.35 bits per heavy atom. The van der Waals surface area contributed by atoms with Gasteiger partial charge in [-0.1, -0.05) is 13.8 Å². The van der Waals surface area contributed by atoms with Crippen molar-refractivity contribution < 1.29 is 0 Å². The van der Waals surface area contributed by atoms with Gasteiger partial charge in [-0.05, 0) is 50.5 Å². The molecule has 0 amide bonds. The maximum absolute atomic E-state index is 3.62. The van der Waals surface area contributed by atoms with E-state index in [1.807, 2.05) is 6.20 Å². The van der Waals surface area contributed by atoms with E-state index in [1.54, 1.807) is 0 Å². The third kappa shape index (κ3) is 3.58. The van der Waals surface area contributed by atoms with E-state index in [0.717, 1.165) is 19.0 Å². The molecule has 0 spiro atoms. The summed E-state index contributed by atoms with van der Waals surface area (Å²) >= 11 is 0. The van der Waals surface area contributed by atoms with Gasteiger partial charge < -0.3 is 15.6 Å². The van der Waals surface area contributed by atoms with Crippen molar-refractivity contribution in [3.8, 4) is 0 Å². The summed E-state index contributed by atoms with van der Waals surface area (Å²) in [4.78, 5) is 3.31. The van der Waals surface area contributed by atoms with E-state index in [9.17, 15) is 0 Å². The smallest absolute Gasteiger partial charge is 0.0217 e. The molecule has 1 atom stereocenters. The second kappa shape index (κ2) is 5.69. The standard InChI is InChI=1S/C14H25N3/c1-14(2,13-6-4-8-17-13)11-16-10-12-5-3-7-15-9-12/h4,6,8,12,15-17H,3,5,7,9-11H2,1-2H3. The van der Waals surface area contributed by atoms with E-state index in [2.05, 4.69) is 41.6 Å². The maximum atomic E-state index is 3.62. The first-order valence-corrected chi connectivity index (χ1v) is 6.74. The number of nitrogens with one attached hydrogen (secondary N) is 3. The van der Waals surface area contributed by atoms with Gasteiger partial charge in [0.25, 0.3) is 0 Å². The highest BCUT2D eigenvalue weighted by Crippen LogP contribution is 2.20. The van der Waals surface area contributed by atoms with Crippen LogP contribution in [0.4, 0.5) is 0 Å². The second-order valence-corrected chi connectivity index (χ2v) is 5.81. The van der Waals surface area contributed by atoms with Crippen molar-refractivity contribution in [1.82, 2.24) is 15.6 Å². The third-order valence-corrected chi connectivity index (χ3v) is 3.73. The topological polar surface area (TPSA) is 39.8 Å². The molecular weight excluding hydrogens is 210 g/mol. The molecule has 1 aliphatic rings. The number of aromatic nitrogens is 1. The van der Waals surface area contributed by atoms with Gasteiger partial charge in [-0.25, -0.2) is 0 Å². The van der Waals surface area contributed by atoms with Gasteiger partial charge >= 0.3 is 0 Å². The average molecular weight is 235 g/mol. The zero-order valence-corrected chi connectivity index (χ0v) is 11.1. The molecule has 0 aromatic carbocycles. The number of aromatic amines is 1. The summed E-state index contributed by atoms with van der Waals surface area (Å²) in [6.07, 6.45) is 4.69. The van der Waals surface area contributed by atoms with Crippen LogP contribution in [0, 0.1) is 5.92 Å². The fourth-order valence-electron chi connectivity index (χ4n) is 2.53. The molecular formula is C14H25N3. The number of H-pyrrole nitrogens is 1. The Morgan fingerprint density at radius 3 is 3.00 bits per heavy atom. The van der Waals surface area contributed by atoms with E-state index in [-0.39, 0.29) is 5.41 Å². The summed E-state index contributed by atoms with van der Waals surface area (Å²) in [6, 6.07) is 4.24. The monoisotopic (exact) mass is 235 g/mol. The molecule has 0 saturated carbocycles. The minimum Gasteiger partial charge on any atom is -0.365 e. The van der Waals surface area contributed by atoms with Crippen LogP contribution in [-0.4, -0.2) is 31.2 Å². The zero-order chi connectivity index (χ0) is 12.1. The van der Waals surface area contributed by atoms with Gasteiger partial charge in [0.1, 0.15) is 0 Å². The van der Waals surface area contributed by atoms with Crippen molar-refractivity contribution in [1.29, 1.82) is 0 Å². The third-order valence-electron chi connectivity index (χ3n) is 3.73. The highest BCUT2D eigenvalue weighted by atomic mass is 14.9. The Labute approximate surface area is 104 Å². The van der Waals surface area contributed by atoms with Crippen LogP contribution >= 0.6 is 0 Å². The molecule has 1 aromatic rings. The predicted octanol–water partition coefficient (Wildman–Crippen LogP) is 1.88. The van der Waals surface area contributed by atoms with E-state index >= 15 is 0 Å². The van der Waals surface area contributed by atoms with E-state index < -0.39 is 0 Å². The van der Waals surface area contributed by atoms with Gasteiger partial charge in [0.05, 0.1) is 0 Å². The van der Waals surface area contributed by atoms with E-state index in [0.29, 0.717) is 0 Å². The number of rotatable bonds is 5. The van der Waals surface area contributed by atoms with Crippen molar-refractivity contribution in [3.63, 3.8) is 0 Å². The van der Waals surface area contributed by atoms with Crippen molar-refractivity contribution in [2.45, 2.75) is 32.1 Å². The molecule has 1 unspecified atom stereocenters. The molecule has 1 aromatic heterocycles. The molecule has 0 aliphatic carbocycles. The summed E-state index contributed by atoms with van der Waals surface area (Å²) in [5, 5.41) is 7.09. The molecule has 3 heteroatoms. The van der Waals surface area contributed by atoms with Crippen molar-refractivity contribution in [2.24, 2.45) is 5.92 Å². The molecule has 0 radical (unpaired) electrons. The average Bonchev–Trinajstić information content (AvgIpc) is 2.84. The van der Waals surface area contributed by atoms with E-state index in [4.69, 9.17) is 0 Å². The lowest BCUT2D eigenvalue weighted by Crippen LogP contribution is -2.40. The molecule has 3 N–H and O–H groups in total. The second-order valence-electron chi connectivity index (χ2n) is 5.81. The molecule has 1 fully saturated rings. The minimum atomic E-state index is 0.186. The molecule has 3 nitrogen and oxygen atoms in total. The van der Waals surface area contributed by atoms with Crippen LogP contribution in [0.25, 0.3) is 0 Å². The number of hydrogen-bond acceptors (Lipinski definition) is 2. The Bertz CT molecular complexity index is 310. The van der Waals surface area contributed by atoms with Gasteiger partial charge in [-0.15, -0.1) is 0 Å². The predicted molar refractivity (Wildman–Crippen MR) is 72.3 cm³/mol. The van der Waals surface area contributed by atoms with Crippen molar-refractivity contribution in [3.05, 3.63) is 24.0 Å². The Morgan fingerprint density at radius 1 is 1.47 bits per heavy atom. The van der Waals surface area contributed by atoms with Crippen LogP contribution in [-0.2, 0) is 5.41 Å². The lowest BCUT2D eigenvalue weighted by atomic mass is 9.89. The molecule has 2 heterocycles. The van der Waals surface area contributed by atoms with Crippen molar-refractivity contribution in [2.75, 3.05) is 26.2 Å². The summed E-state index contributed by atoms with van der Waals surface area (Å²) in [5.41, 5.74) is 1.50. The Balaban J connectivity index is 1.74. The lowest BCUT2D eigenvalue weighted by molar-refractivity contribution is 0.344. The van der Waals surface area contributed by atoms with Crippen LogP contribution in [0.5, 0.6) is 0 Å². The van der Waals surface area contributed by atoms with E-state index in [1.165, 1.54) is 31.6 Å². The van der Waals surface area contributed by atoms with Crippen LogP contribution in [0.2, 0.25) is 0 Å². The van der Waals surface area contributed by atoms with Gasteiger partial charge in [-0.3, -0.25) is 0 Å². The molecule has 96 valence electrons. The summed E-state index contributed by atoms with van der Waals surface area (Å²) < 4.78 is 0. The van der Waals surface area contributed by atoms with Crippen LogP contribution in [0.1, 0.15) is 32.4 Å². The molecule has 0 bridgehead atoms. The fraction of sp³-hybridized carbons (Fsp3) is 0.714. The highest BCUT2D eigenvalue weighted by Gasteiger charge is 2.21. The van der Waals surface area contributed by atoms with Gasteiger partial charge in [-0.2, -0.15) is 0 Å².